The fourth-order valence-electron chi connectivity index (χ4n) is 2.02. The predicted molar refractivity (Wildman–Crippen MR) is 63.2 cm³/mol. The van der Waals surface area contributed by atoms with E-state index in [-0.39, 0.29) is 12.4 Å². The number of hydrogen-bond acceptors (Lipinski definition) is 2. The molecule has 2 nitrogen and oxygen atoms in total. The maximum atomic E-state index is 8.80. The standard InChI is InChI=1S/C12H14N2.ClH/c13-9-10-2-1-3-12(8-10)11-4-6-14-7-5-11;/h1-3,8,11,14H,4-7H2;1H. The van der Waals surface area contributed by atoms with Crippen molar-refractivity contribution in [1.82, 2.24) is 5.32 Å². The van der Waals surface area contributed by atoms with E-state index >= 15 is 0 Å². The van der Waals surface area contributed by atoms with Crippen molar-refractivity contribution in [1.29, 1.82) is 5.26 Å². The van der Waals surface area contributed by atoms with E-state index in [2.05, 4.69) is 17.5 Å². The third-order valence-electron chi connectivity index (χ3n) is 2.83. The molecule has 3 heteroatoms. The van der Waals surface area contributed by atoms with E-state index in [9.17, 15) is 0 Å². The molecule has 0 spiro atoms. The molecule has 1 fully saturated rings. The van der Waals surface area contributed by atoms with Gasteiger partial charge >= 0.3 is 0 Å². The third kappa shape index (κ3) is 2.95. The predicted octanol–water partition coefficient (Wildman–Crippen LogP) is 2.45. The van der Waals surface area contributed by atoms with E-state index in [1.54, 1.807) is 0 Å². The maximum Gasteiger partial charge on any atom is 0.0991 e. The van der Waals surface area contributed by atoms with Crippen molar-refractivity contribution in [3.63, 3.8) is 0 Å². The van der Waals surface area contributed by atoms with Crippen LogP contribution in [0.1, 0.15) is 29.9 Å². The number of hydrogen-bond donors (Lipinski definition) is 1. The highest BCUT2D eigenvalue weighted by molar-refractivity contribution is 5.85. The number of halogens is 1. The molecular weight excluding hydrogens is 208 g/mol. The van der Waals surface area contributed by atoms with Gasteiger partial charge < -0.3 is 5.32 Å². The van der Waals surface area contributed by atoms with Crippen LogP contribution in [0.4, 0.5) is 0 Å². The number of nitrogens with one attached hydrogen (secondary N) is 1. The highest BCUT2D eigenvalue weighted by atomic mass is 35.5. The zero-order chi connectivity index (χ0) is 9.80. The lowest BCUT2D eigenvalue weighted by molar-refractivity contribution is 0.460. The molecule has 1 aromatic carbocycles. The number of rotatable bonds is 1. The lowest BCUT2D eigenvalue weighted by Gasteiger charge is -2.22. The Kier molecular flexibility index (Phi) is 4.61. The molecule has 1 heterocycles. The van der Waals surface area contributed by atoms with Gasteiger partial charge in [0.05, 0.1) is 11.6 Å². The summed E-state index contributed by atoms with van der Waals surface area (Å²) >= 11 is 0. The molecule has 0 atom stereocenters. The van der Waals surface area contributed by atoms with Crippen molar-refractivity contribution in [3.8, 4) is 6.07 Å². The second-order valence-electron chi connectivity index (χ2n) is 3.76. The van der Waals surface area contributed by atoms with Crippen LogP contribution >= 0.6 is 12.4 Å². The minimum absolute atomic E-state index is 0. The largest absolute Gasteiger partial charge is 0.317 e. The van der Waals surface area contributed by atoms with Gasteiger partial charge in [-0.25, -0.2) is 0 Å². The van der Waals surface area contributed by atoms with Gasteiger partial charge in [-0.05, 0) is 49.5 Å². The van der Waals surface area contributed by atoms with Gasteiger partial charge in [0.2, 0.25) is 0 Å². The van der Waals surface area contributed by atoms with Crippen molar-refractivity contribution in [2.24, 2.45) is 0 Å². The number of nitriles is 1. The molecule has 80 valence electrons. The van der Waals surface area contributed by atoms with Gasteiger partial charge in [0, 0.05) is 0 Å². The first-order valence-corrected chi connectivity index (χ1v) is 5.11. The van der Waals surface area contributed by atoms with Gasteiger partial charge in [0.15, 0.2) is 0 Å². The molecule has 1 aliphatic rings. The molecule has 0 aliphatic carbocycles. The van der Waals surface area contributed by atoms with E-state index in [1.165, 1.54) is 18.4 Å². The number of nitrogens with zero attached hydrogens (tertiary/aromatic N) is 1. The fourth-order valence-corrected chi connectivity index (χ4v) is 2.02. The second-order valence-corrected chi connectivity index (χ2v) is 3.76. The molecule has 0 saturated carbocycles. The highest BCUT2D eigenvalue weighted by Crippen LogP contribution is 2.25. The Morgan fingerprint density at radius 3 is 2.67 bits per heavy atom. The molecule has 1 aromatic rings. The summed E-state index contributed by atoms with van der Waals surface area (Å²) in [5.74, 6) is 0.643. The summed E-state index contributed by atoms with van der Waals surface area (Å²) in [6, 6.07) is 10.2. The Balaban J connectivity index is 0.00000112. The van der Waals surface area contributed by atoms with Gasteiger partial charge in [0.1, 0.15) is 0 Å². The average molecular weight is 223 g/mol. The second kappa shape index (κ2) is 5.75. The zero-order valence-electron chi connectivity index (χ0n) is 8.57. The van der Waals surface area contributed by atoms with Crippen LogP contribution < -0.4 is 5.32 Å². The summed E-state index contributed by atoms with van der Waals surface area (Å²) in [6.45, 7) is 2.20. The summed E-state index contributed by atoms with van der Waals surface area (Å²) < 4.78 is 0. The summed E-state index contributed by atoms with van der Waals surface area (Å²) in [7, 11) is 0. The van der Waals surface area contributed by atoms with Crippen molar-refractivity contribution < 1.29 is 0 Å². The molecule has 2 rings (SSSR count). The lowest BCUT2D eigenvalue weighted by atomic mass is 9.89. The van der Waals surface area contributed by atoms with Gasteiger partial charge in [-0.1, -0.05) is 12.1 Å². The average Bonchev–Trinajstić information content (AvgIpc) is 2.30. The first-order valence-electron chi connectivity index (χ1n) is 5.11. The van der Waals surface area contributed by atoms with E-state index in [1.807, 2.05) is 18.2 Å². The molecule has 0 amide bonds. The van der Waals surface area contributed by atoms with Crippen molar-refractivity contribution in [2.75, 3.05) is 13.1 Å². The van der Waals surface area contributed by atoms with Gasteiger partial charge in [-0.15, -0.1) is 12.4 Å². The molecule has 0 unspecified atom stereocenters. The smallest absolute Gasteiger partial charge is 0.0991 e. The molecule has 0 aromatic heterocycles. The zero-order valence-corrected chi connectivity index (χ0v) is 9.39. The minimum atomic E-state index is 0. The summed E-state index contributed by atoms with van der Waals surface area (Å²) in [5, 5.41) is 12.1. The molecule has 0 bridgehead atoms. The maximum absolute atomic E-state index is 8.80. The Labute approximate surface area is 96.7 Å². The normalized spacial score (nSPS) is 16.5. The summed E-state index contributed by atoms with van der Waals surface area (Å²) in [5.41, 5.74) is 2.10. The SMILES string of the molecule is Cl.N#Cc1cccc(C2CCNCC2)c1. The molecular formula is C12H15ClN2. The van der Waals surface area contributed by atoms with Gasteiger partial charge in [-0.2, -0.15) is 5.26 Å². The van der Waals surface area contributed by atoms with E-state index < -0.39 is 0 Å². The van der Waals surface area contributed by atoms with Gasteiger partial charge in [0.25, 0.3) is 0 Å². The number of benzene rings is 1. The van der Waals surface area contributed by atoms with Crippen LogP contribution in [0.3, 0.4) is 0 Å². The van der Waals surface area contributed by atoms with Crippen LogP contribution in [0.2, 0.25) is 0 Å². The minimum Gasteiger partial charge on any atom is -0.317 e. The van der Waals surface area contributed by atoms with E-state index in [4.69, 9.17) is 5.26 Å². The van der Waals surface area contributed by atoms with Crippen LogP contribution in [0.5, 0.6) is 0 Å². The Morgan fingerprint density at radius 2 is 2.00 bits per heavy atom. The molecule has 1 saturated heterocycles. The molecule has 1 N–H and O–H groups in total. The quantitative estimate of drug-likeness (QED) is 0.793. The number of piperidine rings is 1. The molecule has 1 aliphatic heterocycles. The fraction of sp³-hybridized carbons (Fsp3) is 0.417. The molecule has 0 radical (unpaired) electrons. The van der Waals surface area contributed by atoms with Crippen molar-refractivity contribution in [3.05, 3.63) is 35.4 Å². The van der Waals surface area contributed by atoms with Crippen LogP contribution in [0.25, 0.3) is 0 Å². The highest BCUT2D eigenvalue weighted by Gasteiger charge is 2.14. The summed E-state index contributed by atoms with van der Waals surface area (Å²) in [4.78, 5) is 0. The Morgan fingerprint density at radius 1 is 1.27 bits per heavy atom. The first-order chi connectivity index (χ1) is 6.90. The Hall–Kier alpha value is -1.04. The topological polar surface area (TPSA) is 35.8 Å². The van der Waals surface area contributed by atoms with E-state index in [0.717, 1.165) is 18.7 Å². The van der Waals surface area contributed by atoms with Gasteiger partial charge in [-0.3, -0.25) is 0 Å². The molecule has 15 heavy (non-hydrogen) atoms. The van der Waals surface area contributed by atoms with Crippen molar-refractivity contribution >= 4 is 12.4 Å². The third-order valence-corrected chi connectivity index (χ3v) is 2.83. The van der Waals surface area contributed by atoms with Crippen molar-refractivity contribution in [2.45, 2.75) is 18.8 Å². The van der Waals surface area contributed by atoms with Crippen LogP contribution in [0.15, 0.2) is 24.3 Å². The van der Waals surface area contributed by atoms with Crippen LogP contribution in [-0.4, -0.2) is 13.1 Å². The first kappa shape index (κ1) is 12.0. The lowest BCUT2D eigenvalue weighted by Crippen LogP contribution is -2.26. The van der Waals surface area contributed by atoms with E-state index in [0.29, 0.717) is 5.92 Å². The van der Waals surface area contributed by atoms with Crippen LogP contribution in [0, 0.1) is 11.3 Å². The monoisotopic (exact) mass is 222 g/mol. The summed E-state index contributed by atoms with van der Waals surface area (Å²) in [6.07, 6.45) is 2.38. The Bertz CT molecular complexity index is 351. The van der Waals surface area contributed by atoms with Crippen LogP contribution in [-0.2, 0) is 0 Å².